The first-order chi connectivity index (χ1) is 13.6. The summed E-state index contributed by atoms with van der Waals surface area (Å²) in [6.07, 6.45) is 3.31. The van der Waals surface area contributed by atoms with Gasteiger partial charge in [-0.3, -0.25) is 4.79 Å². The van der Waals surface area contributed by atoms with E-state index in [2.05, 4.69) is 4.72 Å². The Labute approximate surface area is 173 Å². The SMILES string of the molecule is CC(C)(C)OC(=O)CCCCCCCNS(=O)(=O)NC(=O)OCc1ccccc1. The maximum absolute atomic E-state index is 11.8. The van der Waals surface area contributed by atoms with Crippen LogP contribution in [0.3, 0.4) is 0 Å². The number of ether oxygens (including phenoxy) is 2. The topological polar surface area (TPSA) is 111 Å². The van der Waals surface area contributed by atoms with Gasteiger partial charge in [0.15, 0.2) is 0 Å². The van der Waals surface area contributed by atoms with Gasteiger partial charge in [-0.1, -0.05) is 49.6 Å². The summed E-state index contributed by atoms with van der Waals surface area (Å²) in [4.78, 5) is 23.2. The van der Waals surface area contributed by atoms with Crippen molar-refractivity contribution in [2.45, 2.75) is 71.5 Å². The first kappa shape index (κ1) is 24.9. The number of carbonyl (C=O) groups excluding carboxylic acids is 2. The summed E-state index contributed by atoms with van der Waals surface area (Å²) in [6.45, 7) is 5.72. The molecule has 2 N–H and O–H groups in total. The van der Waals surface area contributed by atoms with E-state index in [4.69, 9.17) is 9.47 Å². The fraction of sp³-hybridized carbons (Fsp3) is 0.600. The molecule has 0 saturated heterocycles. The molecule has 0 aliphatic heterocycles. The Balaban J connectivity index is 2.08. The minimum absolute atomic E-state index is 0.00844. The number of hydrogen-bond acceptors (Lipinski definition) is 6. The number of nitrogens with one attached hydrogen (secondary N) is 2. The molecule has 29 heavy (non-hydrogen) atoms. The van der Waals surface area contributed by atoms with Crippen LogP contribution in [-0.4, -0.2) is 32.6 Å². The summed E-state index contributed by atoms with van der Waals surface area (Å²) in [5.41, 5.74) is 0.302. The van der Waals surface area contributed by atoms with E-state index in [-0.39, 0.29) is 19.1 Å². The molecule has 0 fully saturated rings. The van der Waals surface area contributed by atoms with E-state index in [0.29, 0.717) is 12.8 Å². The molecule has 0 radical (unpaired) electrons. The van der Waals surface area contributed by atoms with E-state index in [1.165, 1.54) is 0 Å². The molecule has 0 spiro atoms. The summed E-state index contributed by atoms with van der Waals surface area (Å²) < 4.78 is 37.8. The number of carbonyl (C=O) groups is 2. The molecular formula is C20H32N2O6S. The Morgan fingerprint density at radius 1 is 0.966 bits per heavy atom. The van der Waals surface area contributed by atoms with Crippen LogP contribution in [0, 0.1) is 0 Å². The van der Waals surface area contributed by atoms with E-state index in [1.807, 2.05) is 31.6 Å². The Kier molecular flexibility index (Phi) is 10.7. The largest absolute Gasteiger partial charge is 0.460 e. The van der Waals surface area contributed by atoms with Crippen molar-refractivity contribution in [2.24, 2.45) is 0 Å². The van der Waals surface area contributed by atoms with Crippen LogP contribution >= 0.6 is 0 Å². The number of amides is 1. The van der Waals surface area contributed by atoms with Crippen LogP contribution < -0.4 is 9.44 Å². The van der Waals surface area contributed by atoms with Crippen LogP contribution in [0.1, 0.15) is 64.9 Å². The lowest BCUT2D eigenvalue weighted by Gasteiger charge is -2.19. The Morgan fingerprint density at radius 3 is 2.24 bits per heavy atom. The van der Waals surface area contributed by atoms with E-state index >= 15 is 0 Å². The van der Waals surface area contributed by atoms with Gasteiger partial charge < -0.3 is 9.47 Å². The lowest BCUT2D eigenvalue weighted by molar-refractivity contribution is -0.154. The summed E-state index contributed by atoms with van der Waals surface area (Å²) in [5.74, 6) is -0.199. The number of hydrogen-bond donors (Lipinski definition) is 2. The van der Waals surface area contributed by atoms with Crippen molar-refractivity contribution in [2.75, 3.05) is 6.54 Å². The van der Waals surface area contributed by atoms with Crippen LogP contribution in [0.25, 0.3) is 0 Å². The Hall–Kier alpha value is -2.13. The molecule has 1 aromatic carbocycles. The van der Waals surface area contributed by atoms with Crippen LogP contribution in [0.15, 0.2) is 30.3 Å². The van der Waals surface area contributed by atoms with Gasteiger partial charge in [-0.2, -0.15) is 13.1 Å². The van der Waals surface area contributed by atoms with Gasteiger partial charge in [0.25, 0.3) is 0 Å². The highest BCUT2D eigenvalue weighted by Gasteiger charge is 2.16. The van der Waals surface area contributed by atoms with Crippen molar-refractivity contribution in [3.63, 3.8) is 0 Å². The van der Waals surface area contributed by atoms with Gasteiger partial charge in [0.1, 0.15) is 12.2 Å². The highest BCUT2D eigenvalue weighted by atomic mass is 32.2. The van der Waals surface area contributed by atoms with Crippen LogP contribution in [-0.2, 0) is 31.1 Å². The lowest BCUT2D eigenvalue weighted by Crippen LogP contribution is -2.40. The third-order valence-corrected chi connectivity index (χ3v) is 4.72. The van der Waals surface area contributed by atoms with E-state index < -0.39 is 21.9 Å². The fourth-order valence-electron chi connectivity index (χ4n) is 2.42. The van der Waals surface area contributed by atoms with E-state index in [1.54, 1.807) is 24.3 Å². The monoisotopic (exact) mass is 428 g/mol. The van der Waals surface area contributed by atoms with E-state index in [9.17, 15) is 18.0 Å². The summed E-state index contributed by atoms with van der Waals surface area (Å²) in [6, 6.07) is 8.97. The van der Waals surface area contributed by atoms with Gasteiger partial charge in [-0.15, -0.1) is 0 Å². The van der Waals surface area contributed by atoms with Gasteiger partial charge in [-0.05, 0) is 39.2 Å². The molecule has 0 saturated carbocycles. The van der Waals surface area contributed by atoms with Gasteiger partial charge in [0.2, 0.25) is 0 Å². The highest BCUT2D eigenvalue weighted by Crippen LogP contribution is 2.11. The smallest absolute Gasteiger partial charge is 0.422 e. The number of rotatable bonds is 12. The first-order valence-corrected chi connectivity index (χ1v) is 11.3. The minimum atomic E-state index is -3.95. The molecule has 1 aromatic rings. The van der Waals surface area contributed by atoms with Crippen LogP contribution in [0.4, 0.5) is 4.79 Å². The first-order valence-electron chi connectivity index (χ1n) is 9.77. The van der Waals surface area contributed by atoms with Crippen LogP contribution in [0.5, 0.6) is 0 Å². The third kappa shape index (κ3) is 13.6. The second kappa shape index (κ2) is 12.4. The molecule has 0 atom stereocenters. The van der Waals surface area contributed by atoms with Crippen molar-refractivity contribution < 1.29 is 27.5 Å². The molecule has 164 valence electrons. The Bertz CT molecular complexity index is 729. The lowest BCUT2D eigenvalue weighted by atomic mass is 10.1. The van der Waals surface area contributed by atoms with Crippen molar-refractivity contribution in [1.29, 1.82) is 0 Å². The molecule has 0 bridgehead atoms. The normalized spacial score (nSPS) is 11.7. The predicted octanol–water partition coefficient (Wildman–Crippen LogP) is 3.43. The zero-order valence-corrected chi connectivity index (χ0v) is 18.2. The maximum Gasteiger partial charge on any atom is 0.422 e. The fourth-order valence-corrected chi connectivity index (χ4v) is 3.19. The molecule has 0 aromatic heterocycles. The van der Waals surface area contributed by atoms with E-state index in [0.717, 1.165) is 31.2 Å². The van der Waals surface area contributed by atoms with Gasteiger partial charge in [0.05, 0.1) is 0 Å². The van der Waals surface area contributed by atoms with Crippen molar-refractivity contribution in [3.8, 4) is 0 Å². The maximum atomic E-state index is 11.8. The van der Waals surface area contributed by atoms with Crippen LogP contribution in [0.2, 0.25) is 0 Å². The predicted molar refractivity (Wildman–Crippen MR) is 110 cm³/mol. The second-order valence-corrected chi connectivity index (χ2v) is 9.17. The molecule has 8 nitrogen and oxygen atoms in total. The quantitative estimate of drug-likeness (QED) is 0.390. The standard InChI is InChI=1S/C20H32N2O6S/c1-20(2,3)28-18(23)14-10-5-4-6-11-15-21-29(25,26)22-19(24)27-16-17-12-8-7-9-13-17/h7-9,12-13,21H,4-6,10-11,14-16H2,1-3H3,(H,22,24). The number of unbranched alkanes of at least 4 members (excludes halogenated alkanes) is 4. The highest BCUT2D eigenvalue weighted by molar-refractivity contribution is 7.88. The average molecular weight is 429 g/mol. The molecule has 1 rings (SSSR count). The number of benzene rings is 1. The molecule has 0 unspecified atom stereocenters. The van der Waals surface area contributed by atoms with Gasteiger partial charge in [0, 0.05) is 13.0 Å². The summed E-state index contributed by atoms with van der Waals surface area (Å²) >= 11 is 0. The Morgan fingerprint density at radius 2 is 1.59 bits per heavy atom. The molecule has 0 heterocycles. The van der Waals surface area contributed by atoms with Crippen molar-refractivity contribution in [3.05, 3.63) is 35.9 Å². The van der Waals surface area contributed by atoms with Gasteiger partial charge >= 0.3 is 22.3 Å². The van der Waals surface area contributed by atoms with Gasteiger partial charge in [-0.25, -0.2) is 9.52 Å². The van der Waals surface area contributed by atoms with Crippen molar-refractivity contribution in [1.82, 2.24) is 9.44 Å². The molecule has 0 aliphatic carbocycles. The molecule has 1 amide bonds. The minimum Gasteiger partial charge on any atom is -0.460 e. The molecule has 0 aliphatic rings. The molecular weight excluding hydrogens is 396 g/mol. The zero-order chi connectivity index (χ0) is 21.8. The second-order valence-electron chi connectivity index (χ2n) is 7.67. The number of esters is 1. The average Bonchev–Trinajstić information content (AvgIpc) is 2.61. The molecule has 9 heteroatoms. The third-order valence-electron chi connectivity index (χ3n) is 3.70. The van der Waals surface area contributed by atoms with Crippen molar-refractivity contribution >= 4 is 22.3 Å². The summed E-state index contributed by atoms with van der Waals surface area (Å²) in [7, 11) is -3.95. The zero-order valence-electron chi connectivity index (χ0n) is 17.4. The summed E-state index contributed by atoms with van der Waals surface area (Å²) in [5, 5.41) is 0.